The smallest absolute Gasteiger partial charge is 0.260 e. The van der Waals surface area contributed by atoms with E-state index in [-0.39, 0.29) is 47.4 Å². The molecular formula is C22H25N3O4. The number of H-pyrrole nitrogens is 1. The van der Waals surface area contributed by atoms with Gasteiger partial charge in [0, 0.05) is 44.3 Å². The van der Waals surface area contributed by atoms with Gasteiger partial charge < -0.3 is 19.5 Å². The van der Waals surface area contributed by atoms with Crippen molar-refractivity contribution in [3.05, 3.63) is 70.1 Å². The van der Waals surface area contributed by atoms with Crippen molar-refractivity contribution >= 4 is 11.8 Å². The van der Waals surface area contributed by atoms with Crippen molar-refractivity contribution in [2.45, 2.75) is 13.0 Å². The molecule has 2 aliphatic rings. The summed E-state index contributed by atoms with van der Waals surface area (Å²) in [7, 11) is 0. The molecule has 152 valence electrons. The summed E-state index contributed by atoms with van der Waals surface area (Å²) in [6.45, 7) is 4.09. The summed E-state index contributed by atoms with van der Waals surface area (Å²) in [5.74, 6) is 0.0417. The van der Waals surface area contributed by atoms with Gasteiger partial charge in [-0.2, -0.15) is 0 Å². The van der Waals surface area contributed by atoms with E-state index >= 15 is 0 Å². The summed E-state index contributed by atoms with van der Waals surface area (Å²) in [4.78, 5) is 43.9. The predicted molar refractivity (Wildman–Crippen MR) is 107 cm³/mol. The molecule has 0 radical (unpaired) electrons. The van der Waals surface area contributed by atoms with Gasteiger partial charge in [-0.3, -0.25) is 14.4 Å². The Morgan fingerprint density at radius 3 is 2.62 bits per heavy atom. The summed E-state index contributed by atoms with van der Waals surface area (Å²) in [6.07, 6.45) is 1.52. The zero-order valence-corrected chi connectivity index (χ0v) is 16.4. The van der Waals surface area contributed by atoms with Crippen LogP contribution in [0.2, 0.25) is 0 Å². The molecule has 7 heteroatoms. The lowest BCUT2D eigenvalue weighted by Crippen LogP contribution is -2.39. The van der Waals surface area contributed by atoms with E-state index in [1.807, 2.05) is 42.2 Å². The van der Waals surface area contributed by atoms with Gasteiger partial charge in [0.15, 0.2) is 0 Å². The number of hydrogen-bond donors (Lipinski definition) is 1. The Balaban J connectivity index is 1.58. The molecule has 3 atom stereocenters. The third-order valence-electron chi connectivity index (χ3n) is 5.89. The number of hydrogen-bond acceptors (Lipinski definition) is 4. The van der Waals surface area contributed by atoms with Crippen LogP contribution in [0.5, 0.6) is 0 Å². The van der Waals surface area contributed by atoms with Crippen LogP contribution < -0.4 is 5.56 Å². The van der Waals surface area contributed by atoms with Crippen LogP contribution in [-0.2, 0) is 9.53 Å². The minimum atomic E-state index is -0.373. The van der Waals surface area contributed by atoms with Crippen molar-refractivity contribution in [2.75, 3.05) is 32.8 Å². The fourth-order valence-corrected chi connectivity index (χ4v) is 4.58. The first-order chi connectivity index (χ1) is 14.1. The maximum Gasteiger partial charge on any atom is 0.260 e. The molecule has 0 saturated carbocycles. The summed E-state index contributed by atoms with van der Waals surface area (Å²) >= 11 is 0. The van der Waals surface area contributed by atoms with Crippen molar-refractivity contribution in [1.82, 2.24) is 14.8 Å². The number of rotatable bonds is 5. The molecule has 2 saturated heterocycles. The highest BCUT2D eigenvalue weighted by Gasteiger charge is 2.50. The molecule has 2 amide bonds. The lowest BCUT2D eigenvalue weighted by atomic mass is 9.89. The SMILES string of the molecule is CCOCC(=O)N1C[C@@H]2CN(C(=O)c3ccc[nH]c3=O)C[C@@H]2[C@H]1c1ccccc1. The van der Waals surface area contributed by atoms with Crippen molar-refractivity contribution in [1.29, 1.82) is 0 Å². The molecule has 4 rings (SSSR count). The van der Waals surface area contributed by atoms with Gasteiger partial charge in [0.25, 0.3) is 11.5 Å². The second-order valence-electron chi connectivity index (χ2n) is 7.59. The van der Waals surface area contributed by atoms with Crippen LogP contribution in [0, 0.1) is 11.8 Å². The van der Waals surface area contributed by atoms with Gasteiger partial charge >= 0.3 is 0 Å². The molecule has 2 fully saturated rings. The van der Waals surface area contributed by atoms with Crippen LogP contribution >= 0.6 is 0 Å². The Kier molecular flexibility index (Phi) is 5.49. The fraction of sp³-hybridized carbons (Fsp3) is 0.409. The van der Waals surface area contributed by atoms with Crippen LogP contribution in [-0.4, -0.2) is 59.4 Å². The van der Waals surface area contributed by atoms with Gasteiger partial charge in [0.1, 0.15) is 12.2 Å². The van der Waals surface area contributed by atoms with Gasteiger partial charge in [0.2, 0.25) is 5.91 Å². The van der Waals surface area contributed by atoms with Crippen LogP contribution in [0.1, 0.15) is 28.9 Å². The third kappa shape index (κ3) is 3.70. The molecular weight excluding hydrogens is 370 g/mol. The van der Waals surface area contributed by atoms with Crippen molar-refractivity contribution in [2.24, 2.45) is 11.8 Å². The van der Waals surface area contributed by atoms with Crippen LogP contribution in [0.15, 0.2) is 53.5 Å². The Labute approximate surface area is 169 Å². The summed E-state index contributed by atoms with van der Waals surface area (Å²) in [5, 5.41) is 0. The Morgan fingerprint density at radius 2 is 1.90 bits per heavy atom. The Hall–Kier alpha value is -2.93. The number of amides is 2. The van der Waals surface area contributed by atoms with E-state index < -0.39 is 0 Å². The molecule has 0 bridgehead atoms. The normalized spacial score (nSPS) is 23.3. The largest absolute Gasteiger partial charge is 0.372 e. The second kappa shape index (κ2) is 8.21. The highest BCUT2D eigenvalue weighted by atomic mass is 16.5. The molecule has 1 aromatic carbocycles. The molecule has 29 heavy (non-hydrogen) atoms. The van der Waals surface area contributed by atoms with Gasteiger partial charge in [-0.05, 0) is 24.6 Å². The van der Waals surface area contributed by atoms with Gasteiger partial charge in [-0.25, -0.2) is 0 Å². The van der Waals surface area contributed by atoms with Gasteiger partial charge in [-0.15, -0.1) is 0 Å². The number of aromatic amines is 1. The average molecular weight is 395 g/mol. The number of ether oxygens (including phenoxy) is 1. The average Bonchev–Trinajstić information content (AvgIpc) is 3.30. The first-order valence-electron chi connectivity index (χ1n) is 9.99. The predicted octanol–water partition coefficient (Wildman–Crippen LogP) is 1.68. The molecule has 7 nitrogen and oxygen atoms in total. The first kappa shape index (κ1) is 19.4. The minimum Gasteiger partial charge on any atom is -0.372 e. The van der Waals surface area contributed by atoms with Crippen molar-refractivity contribution in [3.63, 3.8) is 0 Å². The van der Waals surface area contributed by atoms with E-state index in [0.29, 0.717) is 26.2 Å². The Morgan fingerprint density at radius 1 is 1.10 bits per heavy atom. The van der Waals surface area contributed by atoms with E-state index in [4.69, 9.17) is 4.74 Å². The molecule has 0 aliphatic carbocycles. The highest BCUT2D eigenvalue weighted by molar-refractivity contribution is 5.94. The number of fused-ring (bicyclic) bond motifs is 1. The lowest BCUT2D eigenvalue weighted by Gasteiger charge is -2.30. The van der Waals surface area contributed by atoms with Crippen molar-refractivity contribution in [3.8, 4) is 0 Å². The maximum atomic E-state index is 12.9. The van der Waals surface area contributed by atoms with E-state index in [2.05, 4.69) is 4.98 Å². The van der Waals surface area contributed by atoms with E-state index in [1.165, 1.54) is 6.20 Å². The number of aromatic nitrogens is 1. The zero-order valence-electron chi connectivity index (χ0n) is 16.4. The molecule has 1 N–H and O–H groups in total. The standard InChI is InChI=1S/C22H25N3O4/c1-2-29-14-19(26)25-12-16-11-24(22(28)17-9-6-10-23-21(17)27)13-18(16)20(25)15-7-4-3-5-8-15/h3-10,16,18,20H,2,11-14H2,1H3,(H,23,27)/t16-,18-,20+/m0/s1. The number of pyridine rings is 1. The van der Waals surface area contributed by atoms with E-state index in [0.717, 1.165) is 5.56 Å². The number of benzene rings is 1. The summed E-state index contributed by atoms with van der Waals surface area (Å²) in [5.41, 5.74) is 0.854. The number of nitrogens with zero attached hydrogens (tertiary/aromatic N) is 2. The van der Waals surface area contributed by atoms with E-state index in [9.17, 15) is 14.4 Å². The molecule has 0 unspecified atom stereocenters. The third-order valence-corrected chi connectivity index (χ3v) is 5.89. The summed E-state index contributed by atoms with van der Waals surface area (Å²) < 4.78 is 5.35. The molecule has 3 heterocycles. The van der Waals surface area contributed by atoms with Crippen LogP contribution in [0.3, 0.4) is 0 Å². The molecule has 2 aliphatic heterocycles. The van der Waals surface area contributed by atoms with Gasteiger partial charge in [0.05, 0.1) is 6.04 Å². The molecule has 0 spiro atoms. The quantitative estimate of drug-likeness (QED) is 0.835. The number of carbonyl (C=O) groups excluding carboxylic acids is 2. The van der Waals surface area contributed by atoms with E-state index in [1.54, 1.807) is 17.0 Å². The number of carbonyl (C=O) groups is 2. The summed E-state index contributed by atoms with van der Waals surface area (Å²) in [6, 6.07) is 13.1. The first-order valence-corrected chi connectivity index (χ1v) is 9.99. The topological polar surface area (TPSA) is 82.7 Å². The van der Waals surface area contributed by atoms with Crippen molar-refractivity contribution < 1.29 is 14.3 Å². The monoisotopic (exact) mass is 395 g/mol. The second-order valence-corrected chi connectivity index (χ2v) is 7.59. The minimum absolute atomic E-state index is 0.0208. The molecule has 1 aromatic heterocycles. The molecule has 2 aromatic rings. The zero-order chi connectivity index (χ0) is 20.4. The van der Waals surface area contributed by atoms with Crippen LogP contribution in [0.4, 0.5) is 0 Å². The van der Waals surface area contributed by atoms with Gasteiger partial charge in [-0.1, -0.05) is 30.3 Å². The number of nitrogens with one attached hydrogen (secondary N) is 1. The lowest BCUT2D eigenvalue weighted by molar-refractivity contribution is -0.137. The van der Waals surface area contributed by atoms with Crippen LogP contribution in [0.25, 0.3) is 0 Å². The Bertz CT molecular complexity index is 942. The fourth-order valence-electron chi connectivity index (χ4n) is 4.58. The number of likely N-dealkylation sites (tertiary alicyclic amines) is 2. The highest BCUT2D eigenvalue weighted by Crippen LogP contribution is 2.45. The maximum absolute atomic E-state index is 12.9.